The van der Waals surface area contributed by atoms with E-state index < -0.39 is 0 Å². The van der Waals surface area contributed by atoms with Gasteiger partial charge in [0.2, 0.25) is 5.88 Å². The number of amides is 1. The Morgan fingerprint density at radius 2 is 2.22 bits per heavy atom. The highest BCUT2D eigenvalue weighted by Crippen LogP contribution is 2.34. The normalized spacial score (nSPS) is 24.5. The fraction of sp³-hybridized carbons (Fsp3) is 0.400. The lowest BCUT2D eigenvalue weighted by Gasteiger charge is -2.36. The standard InChI is InChI=1S/C20H23FN4O2/c1-2-27-19-15(7-4-9-22-19)20(26)25-10-8-17-16(12-25)18(24-23-17)13-5-3-6-14(21)11-13/h3-7,9,11,16-18,23-24H,2,8,10,12H2,1H3. The number of pyridine rings is 1. The topological polar surface area (TPSA) is 66.5 Å². The molecule has 2 aromatic rings. The second-order valence-electron chi connectivity index (χ2n) is 6.92. The first kappa shape index (κ1) is 17.9. The van der Waals surface area contributed by atoms with Crippen molar-refractivity contribution in [2.24, 2.45) is 5.92 Å². The van der Waals surface area contributed by atoms with Gasteiger partial charge in [-0.3, -0.25) is 10.2 Å². The molecule has 0 aliphatic carbocycles. The number of piperidine rings is 1. The maximum Gasteiger partial charge on any atom is 0.259 e. The fourth-order valence-electron chi connectivity index (χ4n) is 3.99. The number of rotatable bonds is 4. The third kappa shape index (κ3) is 3.52. The zero-order valence-corrected chi connectivity index (χ0v) is 15.2. The summed E-state index contributed by atoms with van der Waals surface area (Å²) in [6, 6.07) is 10.3. The zero-order chi connectivity index (χ0) is 18.8. The van der Waals surface area contributed by atoms with Gasteiger partial charge in [-0.15, -0.1) is 0 Å². The summed E-state index contributed by atoms with van der Waals surface area (Å²) in [5, 5.41) is 0. The maximum atomic E-state index is 13.7. The quantitative estimate of drug-likeness (QED) is 0.865. The van der Waals surface area contributed by atoms with Gasteiger partial charge in [-0.1, -0.05) is 12.1 Å². The minimum absolute atomic E-state index is 0.0402. The first-order valence-corrected chi connectivity index (χ1v) is 9.31. The van der Waals surface area contributed by atoms with Crippen LogP contribution >= 0.6 is 0 Å². The van der Waals surface area contributed by atoms with E-state index in [0.717, 1.165) is 12.0 Å². The van der Waals surface area contributed by atoms with Gasteiger partial charge >= 0.3 is 0 Å². The third-order valence-electron chi connectivity index (χ3n) is 5.29. The molecule has 2 N–H and O–H groups in total. The van der Waals surface area contributed by atoms with E-state index in [4.69, 9.17) is 4.74 Å². The maximum absolute atomic E-state index is 13.7. The summed E-state index contributed by atoms with van der Waals surface area (Å²) in [5.41, 5.74) is 7.97. The summed E-state index contributed by atoms with van der Waals surface area (Å²) in [4.78, 5) is 19.1. The lowest BCUT2D eigenvalue weighted by Crippen LogP contribution is -2.47. The second kappa shape index (κ2) is 7.62. The number of halogens is 1. The van der Waals surface area contributed by atoms with E-state index in [0.29, 0.717) is 31.1 Å². The summed E-state index contributed by atoms with van der Waals surface area (Å²) in [6.45, 7) is 3.57. The number of aromatic nitrogens is 1. The van der Waals surface area contributed by atoms with Crippen LogP contribution in [0.4, 0.5) is 4.39 Å². The molecule has 2 aliphatic heterocycles. The lowest BCUT2D eigenvalue weighted by molar-refractivity contribution is 0.0647. The molecule has 142 valence electrons. The molecule has 3 unspecified atom stereocenters. The Balaban J connectivity index is 1.54. The van der Waals surface area contributed by atoms with Crippen LogP contribution < -0.4 is 15.6 Å². The van der Waals surface area contributed by atoms with Crippen molar-refractivity contribution in [1.82, 2.24) is 20.7 Å². The Labute approximate surface area is 157 Å². The number of nitrogens with zero attached hydrogens (tertiary/aromatic N) is 2. The van der Waals surface area contributed by atoms with E-state index in [1.54, 1.807) is 30.5 Å². The highest BCUT2D eigenvalue weighted by atomic mass is 19.1. The zero-order valence-electron chi connectivity index (χ0n) is 15.2. The van der Waals surface area contributed by atoms with E-state index in [1.165, 1.54) is 6.07 Å². The van der Waals surface area contributed by atoms with E-state index in [1.807, 2.05) is 17.9 Å². The Kier molecular flexibility index (Phi) is 5.05. The van der Waals surface area contributed by atoms with Crippen molar-refractivity contribution in [2.45, 2.75) is 25.4 Å². The number of benzene rings is 1. The van der Waals surface area contributed by atoms with Crippen molar-refractivity contribution >= 4 is 5.91 Å². The Hall–Kier alpha value is -2.51. The molecule has 1 aromatic heterocycles. The van der Waals surface area contributed by atoms with E-state index >= 15 is 0 Å². The molecule has 0 spiro atoms. The Morgan fingerprint density at radius 3 is 3.04 bits per heavy atom. The number of carbonyl (C=O) groups is 1. The van der Waals surface area contributed by atoms with Gasteiger partial charge in [-0.2, -0.15) is 0 Å². The molecular weight excluding hydrogens is 347 g/mol. The van der Waals surface area contributed by atoms with Crippen LogP contribution in [0.3, 0.4) is 0 Å². The molecule has 2 aliphatic rings. The number of nitrogens with one attached hydrogen (secondary N) is 2. The molecule has 1 amide bonds. The van der Waals surface area contributed by atoms with Crippen LogP contribution in [0.25, 0.3) is 0 Å². The Bertz CT molecular complexity index is 831. The molecule has 0 bridgehead atoms. The van der Waals surface area contributed by atoms with Crippen molar-refractivity contribution < 1.29 is 13.9 Å². The van der Waals surface area contributed by atoms with Gasteiger partial charge < -0.3 is 9.64 Å². The average molecular weight is 370 g/mol. The summed E-state index contributed by atoms with van der Waals surface area (Å²) in [6.07, 6.45) is 2.46. The van der Waals surface area contributed by atoms with Gasteiger partial charge in [0, 0.05) is 31.2 Å². The molecule has 2 saturated heterocycles. The molecular formula is C20H23FN4O2. The minimum atomic E-state index is -0.252. The number of likely N-dealkylation sites (tertiary alicyclic amines) is 1. The number of fused-ring (bicyclic) bond motifs is 1. The van der Waals surface area contributed by atoms with Crippen LogP contribution in [0, 0.1) is 11.7 Å². The monoisotopic (exact) mass is 370 g/mol. The fourth-order valence-corrected chi connectivity index (χ4v) is 3.99. The molecule has 1 aromatic carbocycles. The predicted molar refractivity (Wildman–Crippen MR) is 98.6 cm³/mol. The molecule has 0 radical (unpaired) electrons. The minimum Gasteiger partial charge on any atom is -0.477 e. The first-order valence-electron chi connectivity index (χ1n) is 9.31. The van der Waals surface area contributed by atoms with Gasteiger partial charge in [-0.05, 0) is 43.2 Å². The molecule has 3 heterocycles. The van der Waals surface area contributed by atoms with Crippen molar-refractivity contribution in [3.05, 3.63) is 59.5 Å². The van der Waals surface area contributed by atoms with Crippen LogP contribution in [0.15, 0.2) is 42.6 Å². The number of carbonyl (C=O) groups excluding carboxylic acids is 1. The van der Waals surface area contributed by atoms with E-state index in [9.17, 15) is 9.18 Å². The molecule has 0 saturated carbocycles. The molecule has 2 fully saturated rings. The number of hydrogen-bond acceptors (Lipinski definition) is 5. The highest BCUT2D eigenvalue weighted by molar-refractivity contribution is 5.96. The summed E-state index contributed by atoms with van der Waals surface area (Å²) >= 11 is 0. The molecule has 3 atom stereocenters. The molecule has 6 nitrogen and oxygen atoms in total. The van der Waals surface area contributed by atoms with E-state index in [2.05, 4.69) is 15.8 Å². The molecule has 27 heavy (non-hydrogen) atoms. The van der Waals surface area contributed by atoms with E-state index in [-0.39, 0.29) is 29.7 Å². The van der Waals surface area contributed by atoms with Crippen molar-refractivity contribution in [2.75, 3.05) is 19.7 Å². The predicted octanol–water partition coefficient (Wildman–Crippen LogP) is 2.30. The van der Waals surface area contributed by atoms with Crippen LogP contribution in [0.1, 0.15) is 35.3 Å². The number of hydrazine groups is 1. The summed E-state index contributed by atoms with van der Waals surface area (Å²) in [5.74, 6) is 0.210. The van der Waals surface area contributed by atoms with Gasteiger partial charge in [0.15, 0.2) is 0 Å². The van der Waals surface area contributed by atoms with Crippen LogP contribution in [-0.4, -0.2) is 41.5 Å². The van der Waals surface area contributed by atoms with Crippen molar-refractivity contribution in [3.8, 4) is 5.88 Å². The average Bonchev–Trinajstić information content (AvgIpc) is 3.11. The smallest absolute Gasteiger partial charge is 0.259 e. The molecule has 7 heteroatoms. The summed E-state index contributed by atoms with van der Waals surface area (Å²) in [7, 11) is 0. The first-order chi connectivity index (χ1) is 13.2. The Morgan fingerprint density at radius 1 is 1.33 bits per heavy atom. The number of ether oxygens (including phenoxy) is 1. The van der Waals surface area contributed by atoms with Crippen LogP contribution in [0.5, 0.6) is 5.88 Å². The van der Waals surface area contributed by atoms with Crippen molar-refractivity contribution in [3.63, 3.8) is 0 Å². The lowest BCUT2D eigenvalue weighted by atomic mass is 9.85. The van der Waals surface area contributed by atoms with Gasteiger partial charge in [0.25, 0.3) is 5.91 Å². The van der Waals surface area contributed by atoms with Crippen LogP contribution in [0.2, 0.25) is 0 Å². The largest absolute Gasteiger partial charge is 0.477 e. The summed E-state index contributed by atoms with van der Waals surface area (Å²) < 4.78 is 19.2. The van der Waals surface area contributed by atoms with Crippen LogP contribution in [-0.2, 0) is 0 Å². The second-order valence-corrected chi connectivity index (χ2v) is 6.92. The molecule has 4 rings (SSSR count). The highest BCUT2D eigenvalue weighted by Gasteiger charge is 2.42. The van der Waals surface area contributed by atoms with Gasteiger partial charge in [0.05, 0.1) is 12.6 Å². The third-order valence-corrected chi connectivity index (χ3v) is 5.29. The van der Waals surface area contributed by atoms with Gasteiger partial charge in [-0.25, -0.2) is 14.8 Å². The van der Waals surface area contributed by atoms with Gasteiger partial charge in [0.1, 0.15) is 11.4 Å². The number of hydrogen-bond donors (Lipinski definition) is 2. The SMILES string of the molecule is CCOc1ncccc1C(=O)N1CCC2NNC(c3cccc(F)c3)C2C1. The van der Waals surface area contributed by atoms with Crippen molar-refractivity contribution in [1.29, 1.82) is 0 Å².